The van der Waals surface area contributed by atoms with Crippen molar-refractivity contribution in [3.05, 3.63) is 11.7 Å². The first kappa shape index (κ1) is 14.3. The molecule has 19 heavy (non-hydrogen) atoms. The predicted octanol–water partition coefficient (Wildman–Crippen LogP) is 3.33. The lowest BCUT2D eigenvalue weighted by atomic mass is 10.2. The van der Waals surface area contributed by atoms with Crippen LogP contribution in [-0.2, 0) is 0 Å². The molecule has 2 aromatic rings. The van der Waals surface area contributed by atoms with Gasteiger partial charge in [-0.25, -0.2) is 0 Å². The Morgan fingerprint density at radius 1 is 1.32 bits per heavy atom. The zero-order chi connectivity index (χ0) is 13.8. The van der Waals surface area contributed by atoms with Crippen molar-refractivity contribution in [1.82, 2.24) is 20.3 Å². The van der Waals surface area contributed by atoms with Crippen molar-refractivity contribution in [2.45, 2.75) is 43.2 Å². The lowest BCUT2D eigenvalue weighted by Gasteiger charge is -2.01. The van der Waals surface area contributed by atoms with Crippen LogP contribution in [0, 0.1) is 0 Å². The number of aromatic nitrogens is 4. The van der Waals surface area contributed by atoms with E-state index in [1.54, 1.807) is 11.8 Å². The van der Waals surface area contributed by atoms with Gasteiger partial charge in [0.05, 0.1) is 5.25 Å². The van der Waals surface area contributed by atoms with Gasteiger partial charge in [0.1, 0.15) is 0 Å². The first-order valence-corrected chi connectivity index (χ1v) is 7.87. The Morgan fingerprint density at radius 2 is 2.11 bits per heavy atom. The van der Waals surface area contributed by atoms with Gasteiger partial charge in [0.15, 0.2) is 10.2 Å². The van der Waals surface area contributed by atoms with Crippen LogP contribution in [0.2, 0.25) is 0 Å². The number of hydrogen-bond acceptors (Lipinski definition) is 8. The maximum atomic E-state index is 5.27. The van der Waals surface area contributed by atoms with Crippen molar-refractivity contribution >= 4 is 28.2 Å². The van der Waals surface area contributed by atoms with Crippen LogP contribution in [0.5, 0.6) is 0 Å². The molecule has 0 fully saturated rings. The Morgan fingerprint density at radius 3 is 2.74 bits per heavy atom. The van der Waals surface area contributed by atoms with Gasteiger partial charge < -0.3 is 9.84 Å². The Kier molecular flexibility index (Phi) is 4.76. The molecule has 1 unspecified atom stereocenters. The second kappa shape index (κ2) is 6.33. The molecule has 104 valence electrons. The van der Waals surface area contributed by atoms with E-state index in [-0.39, 0.29) is 11.2 Å². The molecule has 0 aromatic carbocycles. The summed E-state index contributed by atoms with van der Waals surface area (Å²) in [6.45, 7) is 8.98. The fourth-order valence-corrected chi connectivity index (χ4v) is 3.32. The Hall–Kier alpha value is -1.15. The first-order chi connectivity index (χ1) is 9.10. The average Bonchev–Trinajstić information content (AvgIpc) is 2.98. The lowest BCUT2D eigenvalue weighted by Crippen LogP contribution is -1.94. The third-order valence-electron chi connectivity index (χ3n) is 2.33. The number of nitrogens with zero attached hydrogens (tertiary/aromatic N) is 4. The fourth-order valence-electron chi connectivity index (χ4n) is 1.33. The molecule has 0 saturated heterocycles. The van der Waals surface area contributed by atoms with Crippen molar-refractivity contribution in [2.24, 2.45) is 0 Å². The van der Waals surface area contributed by atoms with E-state index in [4.69, 9.17) is 4.52 Å². The average molecular weight is 299 g/mol. The van der Waals surface area contributed by atoms with E-state index in [1.807, 2.05) is 27.7 Å². The highest BCUT2D eigenvalue weighted by atomic mass is 32.2. The molecule has 0 spiro atoms. The van der Waals surface area contributed by atoms with Gasteiger partial charge >= 0.3 is 0 Å². The van der Waals surface area contributed by atoms with E-state index in [2.05, 4.69) is 25.7 Å². The zero-order valence-corrected chi connectivity index (χ0v) is 13.0. The van der Waals surface area contributed by atoms with Crippen molar-refractivity contribution in [3.8, 4) is 0 Å². The van der Waals surface area contributed by atoms with E-state index < -0.39 is 0 Å². The highest BCUT2D eigenvalue weighted by Crippen LogP contribution is 2.36. The summed E-state index contributed by atoms with van der Waals surface area (Å²) in [6, 6.07) is 0. The molecule has 0 radical (unpaired) electrons. The van der Waals surface area contributed by atoms with Gasteiger partial charge in [-0.1, -0.05) is 42.1 Å². The van der Waals surface area contributed by atoms with Crippen LogP contribution < -0.4 is 5.32 Å². The molecule has 2 aromatic heterocycles. The van der Waals surface area contributed by atoms with Gasteiger partial charge in [-0.3, -0.25) is 0 Å². The van der Waals surface area contributed by atoms with E-state index in [1.165, 1.54) is 11.3 Å². The minimum Gasteiger partial charge on any atom is -0.360 e. The van der Waals surface area contributed by atoms with Crippen LogP contribution >= 0.6 is 23.1 Å². The quantitative estimate of drug-likeness (QED) is 0.820. The summed E-state index contributed by atoms with van der Waals surface area (Å²) in [6.07, 6.45) is 0. The van der Waals surface area contributed by atoms with Gasteiger partial charge in [0.25, 0.3) is 0 Å². The van der Waals surface area contributed by atoms with Crippen LogP contribution in [0.25, 0.3) is 0 Å². The monoisotopic (exact) mass is 299 g/mol. The summed E-state index contributed by atoms with van der Waals surface area (Å²) in [5, 5.41) is 16.2. The van der Waals surface area contributed by atoms with Crippen molar-refractivity contribution in [2.75, 3.05) is 11.9 Å². The molecule has 6 nitrogen and oxygen atoms in total. The number of hydrogen-bond donors (Lipinski definition) is 1. The molecule has 1 N–H and O–H groups in total. The molecule has 0 amide bonds. The normalized spacial score (nSPS) is 12.9. The molecule has 8 heteroatoms. The zero-order valence-electron chi connectivity index (χ0n) is 11.4. The fraction of sp³-hybridized carbons (Fsp3) is 0.636. The molecule has 0 aliphatic heterocycles. The number of thioether (sulfide) groups is 1. The predicted molar refractivity (Wildman–Crippen MR) is 76.7 cm³/mol. The van der Waals surface area contributed by atoms with E-state index in [0.717, 1.165) is 21.8 Å². The molecule has 2 rings (SSSR count). The van der Waals surface area contributed by atoms with E-state index >= 15 is 0 Å². The minimum atomic E-state index is 0.0717. The second-order valence-electron chi connectivity index (χ2n) is 4.31. The summed E-state index contributed by atoms with van der Waals surface area (Å²) >= 11 is 3.11. The molecule has 0 saturated carbocycles. The highest BCUT2D eigenvalue weighted by molar-refractivity contribution is 8.01. The Labute approximate surface area is 120 Å². The summed E-state index contributed by atoms with van der Waals surface area (Å²) in [5.41, 5.74) is 0. The van der Waals surface area contributed by atoms with E-state index in [9.17, 15) is 0 Å². The maximum Gasteiger partial charge on any atom is 0.239 e. The summed E-state index contributed by atoms with van der Waals surface area (Å²) in [4.78, 5) is 4.39. The summed E-state index contributed by atoms with van der Waals surface area (Å²) in [7, 11) is 0. The highest BCUT2D eigenvalue weighted by Gasteiger charge is 2.18. The smallest absolute Gasteiger partial charge is 0.239 e. The van der Waals surface area contributed by atoms with Crippen LogP contribution in [0.3, 0.4) is 0 Å². The second-order valence-corrected chi connectivity index (χ2v) is 6.87. The first-order valence-electron chi connectivity index (χ1n) is 6.17. The molecule has 1 atom stereocenters. The number of rotatable bonds is 6. The van der Waals surface area contributed by atoms with Crippen LogP contribution in [0.4, 0.5) is 5.13 Å². The van der Waals surface area contributed by atoms with Gasteiger partial charge in [0, 0.05) is 12.5 Å². The minimum absolute atomic E-state index is 0.0717. The molecular formula is C11H17N5OS2. The van der Waals surface area contributed by atoms with Crippen molar-refractivity contribution in [3.63, 3.8) is 0 Å². The topological polar surface area (TPSA) is 76.7 Å². The van der Waals surface area contributed by atoms with Gasteiger partial charge in [-0.05, 0) is 13.8 Å². The molecule has 2 heterocycles. The summed E-state index contributed by atoms with van der Waals surface area (Å²) < 4.78 is 6.17. The van der Waals surface area contributed by atoms with Crippen molar-refractivity contribution in [1.29, 1.82) is 0 Å². The molecular weight excluding hydrogens is 282 g/mol. The number of anilines is 1. The molecule has 0 bridgehead atoms. The van der Waals surface area contributed by atoms with Gasteiger partial charge in [0.2, 0.25) is 11.0 Å². The number of nitrogens with one attached hydrogen (secondary N) is 1. The Bertz CT molecular complexity index is 525. The van der Waals surface area contributed by atoms with E-state index in [0.29, 0.717) is 5.89 Å². The third kappa shape index (κ3) is 3.66. The maximum absolute atomic E-state index is 5.27. The van der Waals surface area contributed by atoms with Crippen molar-refractivity contribution < 1.29 is 4.52 Å². The molecule has 0 aliphatic carbocycles. The van der Waals surface area contributed by atoms with Crippen LogP contribution in [-0.4, -0.2) is 26.9 Å². The van der Waals surface area contributed by atoms with Crippen LogP contribution in [0.1, 0.15) is 50.6 Å². The SMILES string of the molecule is CCNc1nnc(SC(C)c2nc(C(C)C)no2)s1. The largest absolute Gasteiger partial charge is 0.360 e. The Balaban J connectivity index is 2.00. The van der Waals surface area contributed by atoms with Gasteiger partial charge in [-0.15, -0.1) is 10.2 Å². The van der Waals surface area contributed by atoms with Gasteiger partial charge in [-0.2, -0.15) is 4.98 Å². The third-order valence-corrected chi connectivity index (χ3v) is 4.39. The molecule has 0 aliphatic rings. The standard InChI is InChI=1S/C11H17N5OS2/c1-5-12-10-14-15-11(19-10)18-7(4)9-13-8(6(2)3)16-17-9/h6-7H,5H2,1-4H3,(H,12,14). The summed E-state index contributed by atoms with van der Waals surface area (Å²) in [5.74, 6) is 1.65. The van der Waals surface area contributed by atoms with Crippen LogP contribution in [0.15, 0.2) is 8.86 Å². The lowest BCUT2D eigenvalue weighted by molar-refractivity contribution is 0.373.